The third-order valence-electron chi connectivity index (χ3n) is 4.42. The Morgan fingerprint density at radius 1 is 0.941 bits per heavy atom. The van der Waals surface area contributed by atoms with Crippen LogP contribution in [0.3, 0.4) is 0 Å². The summed E-state index contributed by atoms with van der Waals surface area (Å²) in [5.74, 6) is 0. The second-order valence-corrected chi connectivity index (χ2v) is 10.4. The molecule has 1 heterocycles. The van der Waals surface area contributed by atoms with E-state index >= 15 is 0 Å². The highest BCUT2D eigenvalue weighted by molar-refractivity contribution is 6.84. The van der Waals surface area contributed by atoms with Crippen LogP contribution in [-0.4, -0.2) is 32.2 Å². The standard InChI is InChI=1S/C15H31NSi/c1-4-14-17(5-2,6-3)15-16-12-10-8-7-9-11-13-16/h4,14H,5-13,15H2,1-3H3. The highest BCUT2D eigenvalue weighted by atomic mass is 28.3. The maximum Gasteiger partial charge on any atom is 0.0912 e. The Hall–Kier alpha value is -0.0831. The third kappa shape index (κ3) is 4.97. The van der Waals surface area contributed by atoms with Gasteiger partial charge >= 0.3 is 0 Å². The maximum atomic E-state index is 2.78. The monoisotopic (exact) mass is 253 g/mol. The van der Waals surface area contributed by atoms with Crippen molar-refractivity contribution in [2.24, 2.45) is 0 Å². The van der Waals surface area contributed by atoms with E-state index in [4.69, 9.17) is 0 Å². The Morgan fingerprint density at radius 2 is 1.47 bits per heavy atom. The quantitative estimate of drug-likeness (QED) is 0.657. The van der Waals surface area contributed by atoms with Crippen LogP contribution in [0.1, 0.15) is 52.9 Å². The highest BCUT2D eigenvalue weighted by Crippen LogP contribution is 2.20. The van der Waals surface area contributed by atoms with E-state index in [0.717, 1.165) is 0 Å². The number of nitrogens with zero attached hydrogens (tertiary/aromatic N) is 1. The molecule has 1 fully saturated rings. The van der Waals surface area contributed by atoms with E-state index in [1.807, 2.05) is 0 Å². The number of allylic oxidation sites excluding steroid dienone is 1. The average Bonchev–Trinajstić information content (AvgIpc) is 2.31. The van der Waals surface area contributed by atoms with Crippen LogP contribution in [0.2, 0.25) is 12.1 Å². The zero-order valence-corrected chi connectivity index (χ0v) is 13.2. The molecule has 0 saturated carbocycles. The lowest BCUT2D eigenvalue weighted by Crippen LogP contribution is -2.46. The molecule has 0 radical (unpaired) electrons. The van der Waals surface area contributed by atoms with Crippen LogP contribution >= 0.6 is 0 Å². The Morgan fingerprint density at radius 3 is 1.94 bits per heavy atom. The van der Waals surface area contributed by atoms with Gasteiger partial charge in [0.15, 0.2) is 0 Å². The van der Waals surface area contributed by atoms with Crippen molar-refractivity contribution in [2.75, 3.05) is 19.3 Å². The zero-order valence-electron chi connectivity index (χ0n) is 12.2. The van der Waals surface area contributed by atoms with Gasteiger partial charge in [0.1, 0.15) is 0 Å². The maximum absolute atomic E-state index is 2.78. The Bertz CT molecular complexity index is 213. The molecule has 0 aromatic carbocycles. The molecule has 0 spiro atoms. The summed E-state index contributed by atoms with van der Waals surface area (Å²) < 4.78 is 0. The molecular weight excluding hydrogens is 222 g/mol. The predicted molar refractivity (Wildman–Crippen MR) is 81.1 cm³/mol. The number of hydrogen-bond donors (Lipinski definition) is 0. The predicted octanol–water partition coefficient (Wildman–Crippen LogP) is 4.40. The first-order chi connectivity index (χ1) is 8.26. The van der Waals surface area contributed by atoms with Crippen LogP contribution < -0.4 is 0 Å². The van der Waals surface area contributed by atoms with E-state index < -0.39 is 8.07 Å². The van der Waals surface area contributed by atoms with Gasteiger partial charge in [0.2, 0.25) is 0 Å². The summed E-state index contributed by atoms with van der Waals surface area (Å²) in [5, 5.41) is 0. The van der Waals surface area contributed by atoms with E-state index in [1.54, 1.807) is 0 Å². The molecule has 100 valence electrons. The van der Waals surface area contributed by atoms with Crippen LogP contribution in [0.25, 0.3) is 0 Å². The SMILES string of the molecule is CC=C[Si](CC)(CC)CN1CCCCCCC1. The molecule has 1 aliphatic rings. The molecule has 0 aliphatic carbocycles. The normalized spacial score (nSPS) is 20.4. The lowest BCUT2D eigenvalue weighted by atomic mass is 10.1. The van der Waals surface area contributed by atoms with Gasteiger partial charge in [0, 0.05) is 0 Å². The molecule has 0 bridgehead atoms. The van der Waals surface area contributed by atoms with Gasteiger partial charge in [0.05, 0.1) is 8.07 Å². The second-order valence-electron chi connectivity index (χ2n) is 5.61. The molecule has 0 aromatic rings. The minimum atomic E-state index is -1.12. The Kier molecular flexibility index (Phi) is 7.13. The molecule has 1 nitrogen and oxygen atoms in total. The molecule has 0 N–H and O–H groups in total. The van der Waals surface area contributed by atoms with Crippen LogP contribution in [0.5, 0.6) is 0 Å². The molecule has 1 aliphatic heterocycles. The Labute approximate surface area is 109 Å². The molecule has 1 rings (SSSR count). The van der Waals surface area contributed by atoms with Crippen molar-refractivity contribution in [3.8, 4) is 0 Å². The minimum Gasteiger partial charge on any atom is -0.306 e. The molecule has 0 unspecified atom stereocenters. The van der Waals surface area contributed by atoms with Gasteiger partial charge in [-0.3, -0.25) is 0 Å². The first kappa shape index (κ1) is 15.0. The number of hydrogen-bond acceptors (Lipinski definition) is 1. The van der Waals surface area contributed by atoms with Crippen molar-refractivity contribution in [3.05, 3.63) is 11.8 Å². The van der Waals surface area contributed by atoms with Gasteiger partial charge in [-0.05, 0) is 39.0 Å². The van der Waals surface area contributed by atoms with Gasteiger partial charge in [-0.15, -0.1) is 0 Å². The largest absolute Gasteiger partial charge is 0.306 e. The van der Waals surface area contributed by atoms with Crippen molar-refractivity contribution in [2.45, 2.75) is 65.0 Å². The van der Waals surface area contributed by atoms with Crippen molar-refractivity contribution < 1.29 is 0 Å². The molecule has 1 saturated heterocycles. The lowest BCUT2D eigenvalue weighted by Gasteiger charge is -2.34. The summed E-state index contributed by atoms with van der Waals surface area (Å²) >= 11 is 0. The minimum absolute atomic E-state index is 1.12. The van der Waals surface area contributed by atoms with Gasteiger partial charge in [-0.1, -0.05) is 57.0 Å². The van der Waals surface area contributed by atoms with Gasteiger partial charge in [-0.25, -0.2) is 0 Å². The summed E-state index contributed by atoms with van der Waals surface area (Å²) in [4.78, 5) is 2.78. The fourth-order valence-corrected chi connectivity index (χ4v) is 6.47. The highest BCUT2D eigenvalue weighted by Gasteiger charge is 2.28. The van der Waals surface area contributed by atoms with E-state index in [1.165, 1.54) is 63.4 Å². The number of rotatable bonds is 5. The van der Waals surface area contributed by atoms with E-state index in [2.05, 4.69) is 37.4 Å². The van der Waals surface area contributed by atoms with E-state index in [0.29, 0.717) is 0 Å². The Balaban J connectivity index is 2.57. The second kappa shape index (κ2) is 8.10. The van der Waals surface area contributed by atoms with Crippen LogP contribution in [0.4, 0.5) is 0 Å². The fourth-order valence-electron chi connectivity index (χ4n) is 3.03. The van der Waals surface area contributed by atoms with Crippen molar-refractivity contribution in [1.82, 2.24) is 4.90 Å². The lowest BCUT2D eigenvalue weighted by molar-refractivity contribution is 0.279. The first-order valence-corrected chi connectivity index (χ1v) is 10.3. The van der Waals surface area contributed by atoms with Crippen molar-refractivity contribution >= 4 is 8.07 Å². The summed E-state index contributed by atoms with van der Waals surface area (Å²) in [6, 6.07) is 2.81. The molecule has 17 heavy (non-hydrogen) atoms. The molecule has 0 amide bonds. The summed E-state index contributed by atoms with van der Waals surface area (Å²) in [7, 11) is -1.12. The van der Waals surface area contributed by atoms with Crippen LogP contribution in [0, 0.1) is 0 Å². The molecule has 2 heteroatoms. The van der Waals surface area contributed by atoms with Gasteiger partial charge < -0.3 is 4.90 Å². The summed E-state index contributed by atoms with van der Waals surface area (Å²) in [6.45, 7) is 9.71. The van der Waals surface area contributed by atoms with Crippen LogP contribution in [-0.2, 0) is 0 Å². The molecule has 0 aromatic heterocycles. The van der Waals surface area contributed by atoms with Crippen molar-refractivity contribution in [3.63, 3.8) is 0 Å². The molecular formula is C15H31NSi. The third-order valence-corrected chi connectivity index (χ3v) is 9.35. The topological polar surface area (TPSA) is 3.24 Å². The average molecular weight is 254 g/mol. The first-order valence-electron chi connectivity index (χ1n) is 7.62. The van der Waals surface area contributed by atoms with Crippen LogP contribution in [0.15, 0.2) is 11.8 Å². The zero-order chi connectivity index (χ0) is 12.6. The van der Waals surface area contributed by atoms with Crippen molar-refractivity contribution in [1.29, 1.82) is 0 Å². The summed E-state index contributed by atoms with van der Waals surface area (Å²) in [5.41, 5.74) is 2.59. The number of likely N-dealkylation sites (tertiary alicyclic amines) is 1. The summed E-state index contributed by atoms with van der Waals surface area (Å²) in [6.07, 6.45) is 10.9. The smallest absolute Gasteiger partial charge is 0.0912 e. The molecule has 0 atom stereocenters. The van der Waals surface area contributed by atoms with Gasteiger partial charge in [0.25, 0.3) is 0 Å². The fraction of sp³-hybridized carbons (Fsp3) is 0.867. The van der Waals surface area contributed by atoms with Gasteiger partial charge in [-0.2, -0.15) is 0 Å². The van der Waals surface area contributed by atoms with E-state index in [9.17, 15) is 0 Å². The van der Waals surface area contributed by atoms with E-state index in [-0.39, 0.29) is 0 Å².